The third kappa shape index (κ3) is 4.22. The smallest absolute Gasteiger partial charge is 0.262 e. The molecule has 0 saturated heterocycles. The molecule has 0 aliphatic heterocycles. The number of aromatic amines is 1. The quantitative estimate of drug-likeness (QED) is 0.278. The van der Waals surface area contributed by atoms with Gasteiger partial charge in [-0.05, 0) is 17.7 Å². The van der Waals surface area contributed by atoms with Crippen molar-refractivity contribution in [3.8, 4) is 11.1 Å². The van der Waals surface area contributed by atoms with Crippen LogP contribution in [-0.4, -0.2) is 33.2 Å². The molecule has 0 aliphatic rings. The van der Waals surface area contributed by atoms with Crippen LogP contribution >= 0.6 is 23.1 Å². The zero-order chi connectivity index (χ0) is 22.8. The van der Waals surface area contributed by atoms with Gasteiger partial charge in [0.2, 0.25) is 0 Å². The van der Waals surface area contributed by atoms with E-state index in [4.69, 9.17) is 4.74 Å². The van der Waals surface area contributed by atoms with Crippen molar-refractivity contribution in [2.24, 2.45) is 0 Å². The van der Waals surface area contributed by atoms with Gasteiger partial charge in [-0.3, -0.25) is 14.2 Å². The maximum atomic E-state index is 13.0. The molecule has 33 heavy (non-hydrogen) atoms. The number of para-hydroxylation sites is 1. The van der Waals surface area contributed by atoms with E-state index >= 15 is 0 Å². The molecule has 3 aromatic heterocycles. The lowest BCUT2D eigenvalue weighted by Crippen LogP contribution is -2.25. The fourth-order valence-corrected chi connectivity index (χ4v) is 5.52. The topological polar surface area (TPSA) is 89.9 Å². The Morgan fingerprint density at radius 1 is 1.06 bits per heavy atom. The van der Waals surface area contributed by atoms with E-state index in [1.165, 1.54) is 23.1 Å². The SMILES string of the molecule is COCCn1c(SCc2nc3scc(-c4ccccc4)c3c(=O)[nH]2)nc2ccccc2c1=O. The molecular weight excluding hydrogens is 456 g/mol. The molecule has 0 atom stereocenters. The van der Waals surface area contributed by atoms with Crippen molar-refractivity contribution >= 4 is 44.2 Å². The summed E-state index contributed by atoms with van der Waals surface area (Å²) >= 11 is 2.82. The lowest BCUT2D eigenvalue weighted by atomic mass is 10.1. The number of ether oxygens (including phenoxy) is 1. The van der Waals surface area contributed by atoms with Crippen LogP contribution < -0.4 is 11.1 Å². The van der Waals surface area contributed by atoms with Crippen LogP contribution in [-0.2, 0) is 17.0 Å². The van der Waals surface area contributed by atoms with E-state index in [9.17, 15) is 9.59 Å². The largest absolute Gasteiger partial charge is 0.383 e. The van der Waals surface area contributed by atoms with Gasteiger partial charge in [0.15, 0.2) is 5.16 Å². The van der Waals surface area contributed by atoms with Gasteiger partial charge in [0, 0.05) is 18.1 Å². The van der Waals surface area contributed by atoms with Crippen molar-refractivity contribution in [2.75, 3.05) is 13.7 Å². The van der Waals surface area contributed by atoms with Crippen molar-refractivity contribution in [3.05, 3.63) is 86.5 Å². The molecule has 2 aromatic carbocycles. The van der Waals surface area contributed by atoms with Gasteiger partial charge in [-0.25, -0.2) is 9.97 Å². The Bertz CT molecular complexity index is 1560. The van der Waals surface area contributed by atoms with E-state index in [-0.39, 0.29) is 11.1 Å². The average molecular weight is 477 g/mol. The van der Waals surface area contributed by atoms with Gasteiger partial charge in [-0.2, -0.15) is 0 Å². The first-order valence-corrected chi connectivity index (χ1v) is 12.2. The van der Waals surface area contributed by atoms with Crippen molar-refractivity contribution in [1.29, 1.82) is 0 Å². The number of methoxy groups -OCH3 is 1. The molecule has 0 amide bonds. The first-order chi connectivity index (χ1) is 16.2. The zero-order valence-corrected chi connectivity index (χ0v) is 19.4. The fraction of sp³-hybridized carbons (Fsp3) is 0.167. The summed E-state index contributed by atoms with van der Waals surface area (Å²) in [5.74, 6) is 0.918. The fourth-order valence-electron chi connectivity index (χ4n) is 3.66. The van der Waals surface area contributed by atoms with Gasteiger partial charge in [0.05, 0.1) is 35.2 Å². The highest BCUT2D eigenvalue weighted by atomic mass is 32.2. The predicted octanol–water partition coefficient (Wildman–Crippen LogP) is 4.30. The Kier molecular flexibility index (Phi) is 6.08. The summed E-state index contributed by atoms with van der Waals surface area (Å²) < 4.78 is 6.79. The molecular formula is C24H20N4O3S2. The number of H-pyrrole nitrogens is 1. The van der Waals surface area contributed by atoms with E-state index in [0.717, 1.165) is 11.1 Å². The normalized spacial score (nSPS) is 11.4. The van der Waals surface area contributed by atoms with Crippen molar-refractivity contribution in [3.63, 3.8) is 0 Å². The van der Waals surface area contributed by atoms with Crippen LogP contribution in [0.15, 0.2) is 74.7 Å². The minimum absolute atomic E-state index is 0.109. The number of nitrogens with one attached hydrogen (secondary N) is 1. The number of nitrogens with zero attached hydrogens (tertiary/aromatic N) is 3. The summed E-state index contributed by atoms with van der Waals surface area (Å²) in [6.45, 7) is 0.788. The van der Waals surface area contributed by atoms with Crippen LogP contribution in [0, 0.1) is 0 Å². The molecule has 5 aromatic rings. The summed E-state index contributed by atoms with van der Waals surface area (Å²) in [7, 11) is 1.60. The van der Waals surface area contributed by atoms with Crippen LogP contribution in [0.4, 0.5) is 0 Å². The van der Waals surface area contributed by atoms with Crippen molar-refractivity contribution in [1.82, 2.24) is 19.5 Å². The van der Waals surface area contributed by atoms with Gasteiger partial charge in [0.1, 0.15) is 10.7 Å². The molecule has 0 unspecified atom stereocenters. The highest BCUT2D eigenvalue weighted by Gasteiger charge is 2.15. The average Bonchev–Trinajstić information content (AvgIpc) is 3.28. The molecule has 0 aliphatic carbocycles. The van der Waals surface area contributed by atoms with E-state index in [0.29, 0.717) is 51.0 Å². The Balaban J connectivity index is 1.49. The van der Waals surface area contributed by atoms with Gasteiger partial charge in [-0.1, -0.05) is 54.2 Å². The number of hydrogen-bond acceptors (Lipinski definition) is 7. The molecule has 0 radical (unpaired) electrons. The molecule has 3 heterocycles. The minimum Gasteiger partial charge on any atom is -0.383 e. The third-order valence-electron chi connectivity index (χ3n) is 5.26. The zero-order valence-electron chi connectivity index (χ0n) is 17.8. The Labute approximate surface area is 197 Å². The maximum absolute atomic E-state index is 13.0. The third-order valence-corrected chi connectivity index (χ3v) is 7.12. The second kappa shape index (κ2) is 9.30. The lowest BCUT2D eigenvalue weighted by molar-refractivity contribution is 0.183. The summed E-state index contributed by atoms with van der Waals surface area (Å²) in [6.07, 6.45) is 0. The van der Waals surface area contributed by atoms with Crippen molar-refractivity contribution < 1.29 is 4.74 Å². The number of benzene rings is 2. The van der Waals surface area contributed by atoms with E-state index in [1.54, 1.807) is 17.7 Å². The molecule has 0 saturated carbocycles. The molecule has 9 heteroatoms. The standard InChI is InChI=1S/C24H20N4O3S2/c1-31-12-11-28-23(30)16-9-5-6-10-18(16)25-24(28)33-14-19-26-21(29)20-17(13-32-22(20)27-19)15-7-3-2-4-8-15/h2-10,13H,11-12,14H2,1H3,(H,26,27,29). The number of aromatic nitrogens is 4. The van der Waals surface area contributed by atoms with Crippen LogP contribution in [0.2, 0.25) is 0 Å². The lowest BCUT2D eigenvalue weighted by Gasteiger charge is -2.12. The van der Waals surface area contributed by atoms with E-state index < -0.39 is 0 Å². The first-order valence-electron chi connectivity index (χ1n) is 10.3. The first kappa shape index (κ1) is 21.6. The van der Waals surface area contributed by atoms with Gasteiger partial charge in [-0.15, -0.1) is 11.3 Å². The second-order valence-electron chi connectivity index (χ2n) is 7.36. The minimum atomic E-state index is -0.168. The number of thioether (sulfide) groups is 1. The summed E-state index contributed by atoms with van der Waals surface area (Å²) in [5.41, 5.74) is 2.23. The summed E-state index contributed by atoms with van der Waals surface area (Å²) in [5, 5.41) is 3.69. The number of fused-ring (bicyclic) bond motifs is 2. The second-order valence-corrected chi connectivity index (χ2v) is 9.16. The van der Waals surface area contributed by atoms with E-state index in [1.807, 2.05) is 53.9 Å². The molecule has 0 fully saturated rings. The highest BCUT2D eigenvalue weighted by molar-refractivity contribution is 7.98. The molecule has 166 valence electrons. The maximum Gasteiger partial charge on any atom is 0.262 e. The van der Waals surface area contributed by atoms with Crippen LogP contribution in [0.1, 0.15) is 5.82 Å². The van der Waals surface area contributed by atoms with Gasteiger partial charge >= 0.3 is 0 Å². The Hall–Kier alpha value is -3.27. The van der Waals surface area contributed by atoms with E-state index in [2.05, 4.69) is 15.0 Å². The number of rotatable bonds is 7. The highest BCUT2D eigenvalue weighted by Crippen LogP contribution is 2.31. The van der Waals surface area contributed by atoms with Crippen LogP contribution in [0.5, 0.6) is 0 Å². The van der Waals surface area contributed by atoms with Gasteiger partial charge < -0.3 is 9.72 Å². The predicted molar refractivity (Wildman–Crippen MR) is 133 cm³/mol. The number of thiophene rings is 1. The molecule has 0 spiro atoms. The summed E-state index contributed by atoms with van der Waals surface area (Å²) in [6, 6.07) is 17.1. The van der Waals surface area contributed by atoms with Crippen LogP contribution in [0.25, 0.3) is 32.2 Å². The molecule has 0 bridgehead atoms. The Morgan fingerprint density at radius 2 is 1.85 bits per heavy atom. The molecule has 7 nitrogen and oxygen atoms in total. The van der Waals surface area contributed by atoms with Gasteiger partial charge in [0.25, 0.3) is 11.1 Å². The van der Waals surface area contributed by atoms with Crippen LogP contribution in [0.3, 0.4) is 0 Å². The monoisotopic (exact) mass is 476 g/mol. The Morgan fingerprint density at radius 3 is 2.67 bits per heavy atom. The molecule has 5 rings (SSSR count). The molecule has 1 N–H and O–H groups in total. The van der Waals surface area contributed by atoms with Crippen molar-refractivity contribution in [2.45, 2.75) is 17.5 Å². The summed E-state index contributed by atoms with van der Waals surface area (Å²) in [4.78, 5) is 38.9. The number of hydrogen-bond donors (Lipinski definition) is 1.